The van der Waals surface area contributed by atoms with Gasteiger partial charge in [-0.2, -0.15) is 0 Å². The number of rotatable bonds is 2. The van der Waals surface area contributed by atoms with Crippen LogP contribution in [0.15, 0.2) is 46.9 Å². The van der Waals surface area contributed by atoms with Gasteiger partial charge in [-0.05, 0) is 30.3 Å². The highest BCUT2D eigenvalue weighted by Crippen LogP contribution is 2.32. The first kappa shape index (κ1) is 12.7. The minimum absolute atomic E-state index is 0.133. The fraction of sp³-hybridized carbons (Fsp3) is 0. The van der Waals surface area contributed by atoms with Crippen LogP contribution in [0.25, 0.3) is 22.3 Å². The highest BCUT2D eigenvalue weighted by atomic mass is 35.5. The summed E-state index contributed by atoms with van der Waals surface area (Å²) in [6.07, 6.45) is 0. The molecule has 0 fully saturated rings. The highest BCUT2D eigenvalue weighted by molar-refractivity contribution is 6.34. The van der Waals surface area contributed by atoms with Crippen LogP contribution in [-0.2, 0) is 0 Å². The molecule has 100 valence electrons. The van der Waals surface area contributed by atoms with E-state index in [0.717, 1.165) is 11.5 Å². The van der Waals surface area contributed by atoms with Crippen LogP contribution in [0.3, 0.4) is 0 Å². The van der Waals surface area contributed by atoms with Crippen LogP contribution in [0.4, 0.5) is 4.39 Å². The van der Waals surface area contributed by atoms with E-state index in [0.29, 0.717) is 21.9 Å². The number of carbonyl (C=O) groups is 1. The second-order valence-corrected chi connectivity index (χ2v) is 4.71. The molecule has 0 aliphatic carbocycles. The van der Waals surface area contributed by atoms with Crippen LogP contribution in [0.2, 0.25) is 5.02 Å². The topological polar surface area (TPSA) is 50.4 Å². The molecule has 0 unspecified atom stereocenters. The lowest BCUT2D eigenvalue weighted by molar-refractivity contribution is 0.0696. The van der Waals surface area contributed by atoms with Gasteiger partial charge in [0.25, 0.3) is 0 Å². The number of fused-ring (bicyclic) bond motifs is 1. The van der Waals surface area contributed by atoms with E-state index in [1.54, 1.807) is 18.2 Å². The molecule has 0 radical (unpaired) electrons. The lowest BCUT2D eigenvalue weighted by Crippen LogP contribution is -1.97. The van der Waals surface area contributed by atoms with E-state index in [9.17, 15) is 9.18 Å². The maximum atomic E-state index is 13.5. The molecule has 0 atom stereocenters. The van der Waals surface area contributed by atoms with Gasteiger partial charge in [0.2, 0.25) is 0 Å². The first-order valence-corrected chi connectivity index (χ1v) is 6.15. The van der Waals surface area contributed by atoms with E-state index in [2.05, 4.69) is 0 Å². The number of para-hydroxylation sites is 1. The van der Waals surface area contributed by atoms with Gasteiger partial charge in [-0.1, -0.05) is 23.7 Å². The number of carboxylic acid groups (broad SMARTS) is 1. The number of hydrogen-bond acceptors (Lipinski definition) is 2. The van der Waals surface area contributed by atoms with Crippen molar-refractivity contribution < 1.29 is 18.7 Å². The summed E-state index contributed by atoms with van der Waals surface area (Å²) in [4.78, 5) is 10.9. The third-order valence-corrected chi connectivity index (χ3v) is 3.22. The zero-order chi connectivity index (χ0) is 14.3. The Balaban J connectivity index is 2.20. The number of aromatic carboxylic acids is 1. The summed E-state index contributed by atoms with van der Waals surface area (Å²) < 4.78 is 19.1. The number of benzene rings is 2. The highest BCUT2D eigenvalue weighted by Gasteiger charge is 2.13. The van der Waals surface area contributed by atoms with Crippen molar-refractivity contribution in [3.63, 3.8) is 0 Å². The summed E-state index contributed by atoms with van der Waals surface area (Å²) in [5, 5.41) is 10.2. The number of furan rings is 1. The molecule has 5 heteroatoms. The lowest BCUT2D eigenvalue weighted by Gasteiger charge is -2.00. The van der Waals surface area contributed by atoms with Gasteiger partial charge < -0.3 is 9.52 Å². The lowest BCUT2D eigenvalue weighted by atomic mass is 10.1. The Labute approximate surface area is 118 Å². The molecule has 0 aliphatic heterocycles. The SMILES string of the molecule is O=C(O)c1cc(F)cc(-c2cc3cccc(Cl)c3o2)c1. The molecule has 0 amide bonds. The van der Waals surface area contributed by atoms with Crippen LogP contribution < -0.4 is 0 Å². The second kappa shape index (κ2) is 4.65. The molecule has 1 heterocycles. The van der Waals surface area contributed by atoms with Gasteiger partial charge in [-0.3, -0.25) is 0 Å². The number of hydrogen-bond donors (Lipinski definition) is 1. The smallest absolute Gasteiger partial charge is 0.335 e. The van der Waals surface area contributed by atoms with Crippen molar-refractivity contribution in [3.8, 4) is 11.3 Å². The maximum absolute atomic E-state index is 13.5. The summed E-state index contributed by atoms with van der Waals surface area (Å²) in [6, 6.07) is 10.5. The second-order valence-electron chi connectivity index (χ2n) is 4.30. The van der Waals surface area contributed by atoms with Crippen LogP contribution in [0, 0.1) is 5.82 Å². The quantitative estimate of drug-likeness (QED) is 0.751. The average Bonchev–Trinajstić information content (AvgIpc) is 2.83. The standard InChI is InChI=1S/C15H8ClFO3/c16-12-3-1-2-8-7-13(20-14(8)12)9-4-10(15(18)19)6-11(17)5-9/h1-7H,(H,18,19). The van der Waals surface area contributed by atoms with Crippen LogP contribution in [-0.4, -0.2) is 11.1 Å². The molecule has 0 aliphatic rings. The third kappa shape index (κ3) is 2.14. The molecule has 0 saturated heterocycles. The van der Waals surface area contributed by atoms with E-state index in [1.165, 1.54) is 12.1 Å². The molecule has 3 nitrogen and oxygen atoms in total. The Morgan fingerprint density at radius 1 is 1.20 bits per heavy atom. The van der Waals surface area contributed by atoms with Crippen molar-refractivity contribution in [3.05, 3.63) is 58.9 Å². The predicted molar refractivity (Wildman–Crippen MR) is 73.6 cm³/mol. The van der Waals surface area contributed by atoms with E-state index in [-0.39, 0.29) is 5.56 Å². The van der Waals surface area contributed by atoms with Crippen molar-refractivity contribution in [1.29, 1.82) is 0 Å². The Kier molecular flexibility index (Phi) is 2.95. The first-order chi connectivity index (χ1) is 9.54. The summed E-state index contributed by atoms with van der Waals surface area (Å²) in [5.74, 6) is -1.46. The van der Waals surface area contributed by atoms with Crippen molar-refractivity contribution in [2.24, 2.45) is 0 Å². The van der Waals surface area contributed by atoms with Crippen LogP contribution >= 0.6 is 11.6 Å². The Morgan fingerprint density at radius 2 is 2.00 bits per heavy atom. The molecular weight excluding hydrogens is 283 g/mol. The van der Waals surface area contributed by atoms with Gasteiger partial charge in [0.15, 0.2) is 5.58 Å². The maximum Gasteiger partial charge on any atom is 0.335 e. The van der Waals surface area contributed by atoms with Gasteiger partial charge in [-0.25, -0.2) is 9.18 Å². The minimum atomic E-state index is -1.19. The van der Waals surface area contributed by atoms with Gasteiger partial charge in [0.1, 0.15) is 11.6 Å². The van der Waals surface area contributed by atoms with E-state index < -0.39 is 11.8 Å². The van der Waals surface area contributed by atoms with E-state index in [4.69, 9.17) is 21.1 Å². The van der Waals surface area contributed by atoms with Crippen molar-refractivity contribution >= 4 is 28.5 Å². The summed E-state index contributed by atoms with van der Waals surface area (Å²) >= 11 is 6.01. The number of carboxylic acids is 1. The Hall–Kier alpha value is -2.33. The normalized spacial score (nSPS) is 10.9. The summed E-state index contributed by atoms with van der Waals surface area (Å²) in [6.45, 7) is 0. The van der Waals surface area contributed by atoms with E-state index >= 15 is 0 Å². The molecular formula is C15H8ClFO3. The van der Waals surface area contributed by atoms with Crippen LogP contribution in [0.1, 0.15) is 10.4 Å². The molecule has 0 bridgehead atoms. The third-order valence-electron chi connectivity index (χ3n) is 2.93. The van der Waals surface area contributed by atoms with Crippen molar-refractivity contribution in [2.45, 2.75) is 0 Å². The molecule has 20 heavy (non-hydrogen) atoms. The van der Waals surface area contributed by atoms with E-state index in [1.807, 2.05) is 6.07 Å². The fourth-order valence-electron chi connectivity index (χ4n) is 2.03. The fourth-order valence-corrected chi connectivity index (χ4v) is 2.25. The molecule has 3 rings (SSSR count). The van der Waals surface area contributed by atoms with Gasteiger partial charge >= 0.3 is 5.97 Å². The average molecular weight is 291 g/mol. The zero-order valence-electron chi connectivity index (χ0n) is 10.1. The largest absolute Gasteiger partial charge is 0.478 e. The molecule has 0 spiro atoms. The predicted octanol–water partition coefficient (Wildman–Crippen LogP) is 4.59. The van der Waals surface area contributed by atoms with Gasteiger partial charge in [0, 0.05) is 10.9 Å². The minimum Gasteiger partial charge on any atom is -0.478 e. The molecule has 3 aromatic rings. The zero-order valence-corrected chi connectivity index (χ0v) is 10.8. The molecule has 1 N–H and O–H groups in total. The monoisotopic (exact) mass is 290 g/mol. The van der Waals surface area contributed by atoms with Crippen LogP contribution in [0.5, 0.6) is 0 Å². The molecule has 2 aromatic carbocycles. The Morgan fingerprint density at radius 3 is 2.70 bits per heavy atom. The van der Waals surface area contributed by atoms with Crippen molar-refractivity contribution in [1.82, 2.24) is 0 Å². The van der Waals surface area contributed by atoms with Crippen molar-refractivity contribution in [2.75, 3.05) is 0 Å². The van der Waals surface area contributed by atoms with Gasteiger partial charge in [0.05, 0.1) is 10.6 Å². The number of halogens is 2. The summed E-state index contributed by atoms with van der Waals surface area (Å²) in [7, 11) is 0. The summed E-state index contributed by atoms with van der Waals surface area (Å²) in [5.41, 5.74) is 0.714. The Bertz CT molecular complexity index is 823. The van der Waals surface area contributed by atoms with Gasteiger partial charge in [-0.15, -0.1) is 0 Å². The first-order valence-electron chi connectivity index (χ1n) is 5.77. The molecule has 1 aromatic heterocycles. The molecule has 0 saturated carbocycles.